The number of alkyl halides is 2. The van der Waals surface area contributed by atoms with Gasteiger partial charge in [-0.25, -0.2) is 0 Å². The van der Waals surface area contributed by atoms with Gasteiger partial charge in [-0.3, -0.25) is 0 Å². The SMILES string of the molecule is CCCCCCCCCCOC(F)F. The van der Waals surface area contributed by atoms with Crippen LogP contribution in [0.25, 0.3) is 0 Å². The van der Waals surface area contributed by atoms with Crippen molar-refractivity contribution < 1.29 is 13.5 Å². The molecule has 0 amide bonds. The molecule has 0 aromatic rings. The second-order valence-electron chi connectivity index (χ2n) is 3.61. The molecule has 0 unspecified atom stereocenters. The van der Waals surface area contributed by atoms with Crippen LogP contribution in [0.1, 0.15) is 58.3 Å². The molecule has 0 radical (unpaired) electrons. The summed E-state index contributed by atoms with van der Waals surface area (Å²) in [7, 11) is 0. The maximum atomic E-state index is 11.5. The second kappa shape index (κ2) is 10.9. The molecule has 1 nitrogen and oxygen atoms in total. The molecule has 0 aromatic carbocycles. The Labute approximate surface area is 85.8 Å². The normalized spacial score (nSPS) is 11.1. The number of hydrogen-bond donors (Lipinski definition) is 0. The van der Waals surface area contributed by atoms with Crippen LogP contribution in [-0.4, -0.2) is 13.2 Å². The molecular weight excluding hydrogens is 186 g/mol. The average Bonchev–Trinajstić information content (AvgIpc) is 2.15. The molecular formula is C11H22F2O. The molecule has 3 heteroatoms. The van der Waals surface area contributed by atoms with Crippen molar-refractivity contribution in [3.05, 3.63) is 0 Å². The van der Waals surface area contributed by atoms with E-state index in [1.165, 1.54) is 32.1 Å². The zero-order chi connectivity index (χ0) is 10.6. The molecule has 0 spiro atoms. The molecule has 0 atom stereocenters. The molecule has 0 N–H and O–H groups in total. The summed E-state index contributed by atoms with van der Waals surface area (Å²) >= 11 is 0. The van der Waals surface area contributed by atoms with Crippen LogP contribution >= 0.6 is 0 Å². The fourth-order valence-corrected chi connectivity index (χ4v) is 1.41. The highest BCUT2D eigenvalue weighted by atomic mass is 19.3. The minimum Gasteiger partial charge on any atom is -0.323 e. The number of halogens is 2. The van der Waals surface area contributed by atoms with Gasteiger partial charge in [0.15, 0.2) is 0 Å². The lowest BCUT2D eigenvalue weighted by atomic mass is 10.1. The van der Waals surface area contributed by atoms with E-state index < -0.39 is 6.61 Å². The summed E-state index contributed by atoms with van der Waals surface area (Å²) in [6.07, 6.45) is 9.33. The largest absolute Gasteiger partial charge is 0.345 e. The smallest absolute Gasteiger partial charge is 0.323 e. The molecule has 0 bridgehead atoms. The molecule has 0 aliphatic heterocycles. The average molecular weight is 208 g/mol. The van der Waals surface area contributed by atoms with Crippen molar-refractivity contribution in [3.63, 3.8) is 0 Å². The van der Waals surface area contributed by atoms with E-state index in [9.17, 15) is 8.78 Å². The topological polar surface area (TPSA) is 9.23 Å². The second-order valence-corrected chi connectivity index (χ2v) is 3.61. The Balaban J connectivity index is 2.85. The third-order valence-corrected chi connectivity index (χ3v) is 2.24. The summed E-state index contributed by atoms with van der Waals surface area (Å²) in [5.74, 6) is 0. The number of ether oxygens (including phenoxy) is 1. The van der Waals surface area contributed by atoms with Crippen LogP contribution in [0.2, 0.25) is 0 Å². The van der Waals surface area contributed by atoms with Crippen LogP contribution in [0.5, 0.6) is 0 Å². The molecule has 14 heavy (non-hydrogen) atoms. The van der Waals surface area contributed by atoms with E-state index in [4.69, 9.17) is 0 Å². The first-order valence-electron chi connectivity index (χ1n) is 5.67. The summed E-state index contributed by atoms with van der Waals surface area (Å²) in [5.41, 5.74) is 0. The Morgan fingerprint density at radius 3 is 1.86 bits per heavy atom. The molecule has 0 rings (SSSR count). The van der Waals surface area contributed by atoms with Gasteiger partial charge in [0.1, 0.15) is 0 Å². The third-order valence-electron chi connectivity index (χ3n) is 2.24. The van der Waals surface area contributed by atoms with Gasteiger partial charge in [-0.2, -0.15) is 8.78 Å². The number of rotatable bonds is 10. The summed E-state index contributed by atoms with van der Waals surface area (Å²) in [4.78, 5) is 0. The standard InChI is InChI=1S/C11H22F2O/c1-2-3-4-5-6-7-8-9-10-14-11(12)13/h11H,2-10H2,1H3. The van der Waals surface area contributed by atoms with E-state index in [-0.39, 0.29) is 6.61 Å². The van der Waals surface area contributed by atoms with Gasteiger partial charge in [-0.15, -0.1) is 0 Å². The Morgan fingerprint density at radius 2 is 1.36 bits per heavy atom. The number of hydrogen-bond acceptors (Lipinski definition) is 1. The Kier molecular flexibility index (Phi) is 10.8. The van der Waals surface area contributed by atoms with E-state index >= 15 is 0 Å². The highest BCUT2D eigenvalue weighted by Gasteiger charge is 1.99. The Morgan fingerprint density at radius 1 is 0.857 bits per heavy atom. The van der Waals surface area contributed by atoms with Crippen LogP contribution in [0.15, 0.2) is 0 Å². The lowest BCUT2D eigenvalue weighted by molar-refractivity contribution is -0.129. The highest BCUT2D eigenvalue weighted by Crippen LogP contribution is 2.08. The third kappa shape index (κ3) is 11.8. The lowest BCUT2D eigenvalue weighted by Crippen LogP contribution is -2.00. The summed E-state index contributed by atoms with van der Waals surface area (Å²) in [5, 5.41) is 0. The molecule has 0 fully saturated rings. The van der Waals surface area contributed by atoms with E-state index in [1.807, 2.05) is 0 Å². The van der Waals surface area contributed by atoms with Crippen LogP contribution < -0.4 is 0 Å². The first kappa shape index (κ1) is 13.8. The van der Waals surface area contributed by atoms with Crippen LogP contribution in [-0.2, 0) is 4.74 Å². The van der Waals surface area contributed by atoms with Gasteiger partial charge in [0, 0.05) is 0 Å². The van der Waals surface area contributed by atoms with E-state index in [0.717, 1.165) is 19.3 Å². The first-order valence-corrected chi connectivity index (χ1v) is 5.67. The fraction of sp³-hybridized carbons (Fsp3) is 1.00. The summed E-state index contributed by atoms with van der Waals surface area (Å²) in [6.45, 7) is -0.201. The van der Waals surface area contributed by atoms with Gasteiger partial charge >= 0.3 is 6.61 Å². The van der Waals surface area contributed by atoms with Crippen molar-refractivity contribution in [2.24, 2.45) is 0 Å². The first-order chi connectivity index (χ1) is 6.77. The van der Waals surface area contributed by atoms with Crippen molar-refractivity contribution >= 4 is 0 Å². The van der Waals surface area contributed by atoms with Gasteiger partial charge in [-0.05, 0) is 6.42 Å². The van der Waals surface area contributed by atoms with Crippen molar-refractivity contribution in [3.8, 4) is 0 Å². The summed E-state index contributed by atoms with van der Waals surface area (Å²) < 4.78 is 27.2. The predicted molar refractivity (Wildman–Crippen MR) is 54.6 cm³/mol. The quantitative estimate of drug-likeness (QED) is 0.484. The molecule has 0 heterocycles. The Bertz CT molecular complexity index is 107. The number of unbranched alkanes of at least 4 members (excludes halogenated alkanes) is 7. The predicted octanol–water partition coefficient (Wildman–Crippen LogP) is 4.37. The van der Waals surface area contributed by atoms with Crippen LogP contribution in [0, 0.1) is 0 Å². The van der Waals surface area contributed by atoms with E-state index in [0.29, 0.717) is 0 Å². The molecule has 0 saturated heterocycles. The summed E-state index contributed by atoms with van der Waals surface area (Å²) in [6, 6.07) is 0. The van der Waals surface area contributed by atoms with Crippen molar-refractivity contribution in [2.45, 2.75) is 64.9 Å². The zero-order valence-electron chi connectivity index (χ0n) is 9.11. The van der Waals surface area contributed by atoms with Crippen molar-refractivity contribution in [2.75, 3.05) is 6.61 Å². The van der Waals surface area contributed by atoms with E-state index in [1.54, 1.807) is 0 Å². The minimum atomic E-state index is -2.60. The molecule has 0 aliphatic carbocycles. The monoisotopic (exact) mass is 208 g/mol. The van der Waals surface area contributed by atoms with Crippen LogP contribution in [0.4, 0.5) is 8.78 Å². The lowest BCUT2D eigenvalue weighted by Gasteiger charge is -2.02. The Hall–Kier alpha value is -0.180. The highest BCUT2D eigenvalue weighted by molar-refractivity contribution is 4.45. The van der Waals surface area contributed by atoms with Gasteiger partial charge in [-0.1, -0.05) is 51.9 Å². The van der Waals surface area contributed by atoms with E-state index in [2.05, 4.69) is 11.7 Å². The molecule has 86 valence electrons. The zero-order valence-corrected chi connectivity index (χ0v) is 9.11. The minimum absolute atomic E-state index is 0.201. The van der Waals surface area contributed by atoms with Gasteiger partial charge in [0.2, 0.25) is 0 Å². The maximum absolute atomic E-state index is 11.5. The van der Waals surface area contributed by atoms with Gasteiger partial charge < -0.3 is 4.74 Å². The maximum Gasteiger partial charge on any atom is 0.345 e. The van der Waals surface area contributed by atoms with Crippen molar-refractivity contribution in [1.82, 2.24) is 0 Å². The van der Waals surface area contributed by atoms with Gasteiger partial charge in [0.05, 0.1) is 6.61 Å². The fourth-order valence-electron chi connectivity index (χ4n) is 1.41. The molecule has 0 aliphatic rings. The molecule has 0 aromatic heterocycles. The van der Waals surface area contributed by atoms with Crippen LogP contribution in [0.3, 0.4) is 0 Å². The van der Waals surface area contributed by atoms with Crippen molar-refractivity contribution in [1.29, 1.82) is 0 Å². The van der Waals surface area contributed by atoms with Gasteiger partial charge in [0.25, 0.3) is 0 Å². The molecule has 0 saturated carbocycles.